The standard InChI is InChI=1S/C19H26N4O3/c1-22-17(15-7-6-14(25-2)12-18(15)26-3)13-16(21-22)19(24)20-8-11-23-9-4-5-10-23/h6-7,12-13H,4-5,8-11H2,1-3H3,(H,20,24). The highest BCUT2D eigenvalue weighted by atomic mass is 16.5. The van der Waals surface area contributed by atoms with Gasteiger partial charge < -0.3 is 19.7 Å². The van der Waals surface area contributed by atoms with E-state index in [9.17, 15) is 4.79 Å². The van der Waals surface area contributed by atoms with E-state index in [-0.39, 0.29) is 5.91 Å². The van der Waals surface area contributed by atoms with E-state index in [1.54, 1.807) is 25.0 Å². The van der Waals surface area contributed by atoms with Gasteiger partial charge in [0.2, 0.25) is 0 Å². The van der Waals surface area contributed by atoms with Crippen LogP contribution in [0, 0.1) is 0 Å². The van der Waals surface area contributed by atoms with E-state index in [4.69, 9.17) is 9.47 Å². The minimum Gasteiger partial charge on any atom is -0.497 e. The number of nitrogens with zero attached hydrogens (tertiary/aromatic N) is 3. The van der Waals surface area contributed by atoms with E-state index in [2.05, 4.69) is 15.3 Å². The summed E-state index contributed by atoms with van der Waals surface area (Å²) in [7, 11) is 5.05. The Morgan fingerprint density at radius 1 is 1.19 bits per heavy atom. The summed E-state index contributed by atoms with van der Waals surface area (Å²) < 4.78 is 12.4. The van der Waals surface area contributed by atoms with Crippen LogP contribution in [0.15, 0.2) is 24.3 Å². The Hall–Kier alpha value is -2.54. The molecule has 0 radical (unpaired) electrons. The number of carbonyl (C=O) groups excluding carboxylic acids is 1. The minimum atomic E-state index is -0.154. The van der Waals surface area contributed by atoms with E-state index in [1.807, 2.05) is 25.2 Å². The fraction of sp³-hybridized carbons (Fsp3) is 0.474. The fourth-order valence-electron chi connectivity index (χ4n) is 3.26. The molecule has 140 valence electrons. The van der Waals surface area contributed by atoms with E-state index in [1.165, 1.54) is 12.8 Å². The van der Waals surface area contributed by atoms with Crippen molar-refractivity contribution >= 4 is 5.91 Å². The molecule has 1 N–H and O–H groups in total. The molecule has 7 nitrogen and oxygen atoms in total. The van der Waals surface area contributed by atoms with E-state index < -0.39 is 0 Å². The van der Waals surface area contributed by atoms with Gasteiger partial charge in [-0.15, -0.1) is 0 Å². The van der Waals surface area contributed by atoms with E-state index >= 15 is 0 Å². The molecule has 0 spiro atoms. The predicted octanol–water partition coefficient (Wildman–Crippen LogP) is 1.93. The van der Waals surface area contributed by atoms with Crippen LogP contribution >= 0.6 is 0 Å². The molecule has 1 aliphatic rings. The van der Waals surface area contributed by atoms with E-state index in [0.29, 0.717) is 23.7 Å². The number of hydrogen-bond acceptors (Lipinski definition) is 5. The highest BCUT2D eigenvalue weighted by Gasteiger charge is 2.17. The average Bonchev–Trinajstić information content (AvgIpc) is 3.30. The highest BCUT2D eigenvalue weighted by molar-refractivity contribution is 5.93. The zero-order valence-electron chi connectivity index (χ0n) is 15.6. The number of likely N-dealkylation sites (tertiary alicyclic amines) is 1. The molecule has 2 heterocycles. The normalized spacial score (nSPS) is 14.4. The molecule has 1 aliphatic heterocycles. The number of amides is 1. The number of aryl methyl sites for hydroxylation is 1. The number of hydrogen-bond donors (Lipinski definition) is 1. The second-order valence-electron chi connectivity index (χ2n) is 6.41. The lowest BCUT2D eigenvalue weighted by molar-refractivity contribution is 0.0944. The number of rotatable bonds is 7. The number of methoxy groups -OCH3 is 2. The number of carbonyl (C=O) groups is 1. The molecule has 2 aromatic rings. The van der Waals surface area contributed by atoms with Gasteiger partial charge >= 0.3 is 0 Å². The first kappa shape index (κ1) is 18.3. The molecule has 7 heteroatoms. The predicted molar refractivity (Wildman–Crippen MR) is 99.8 cm³/mol. The summed E-state index contributed by atoms with van der Waals surface area (Å²) in [4.78, 5) is 14.8. The summed E-state index contributed by atoms with van der Waals surface area (Å²) in [6.45, 7) is 3.77. The van der Waals surface area contributed by atoms with Crippen molar-refractivity contribution < 1.29 is 14.3 Å². The summed E-state index contributed by atoms with van der Waals surface area (Å²) in [5.74, 6) is 1.24. The third-order valence-corrected chi connectivity index (χ3v) is 4.71. The van der Waals surface area contributed by atoms with Gasteiger partial charge in [0.1, 0.15) is 11.5 Å². The second kappa shape index (κ2) is 8.23. The molecular formula is C19H26N4O3. The van der Waals surface area contributed by atoms with Crippen molar-refractivity contribution in [3.63, 3.8) is 0 Å². The molecule has 1 saturated heterocycles. The van der Waals surface area contributed by atoms with Crippen molar-refractivity contribution in [3.8, 4) is 22.8 Å². The molecule has 26 heavy (non-hydrogen) atoms. The molecule has 1 amide bonds. The summed E-state index contributed by atoms with van der Waals surface area (Å²) >= 11 is 0. The first-order valence-electron chi connectivity index (χ1n) is 8.89. The van der Waals surface area contributed by atoms with Gasteiger partial charge in [0.15, 0.2) is 5.69 Å². The van der Waals surface area contributed by atoms with Crippen LogP contribution in [0.5, 0.6) is 11.5 Å². The largest absolute Gasteiger partial charge is 0.497 e. The fourth-order valence-corrected chi connectivity index (χ4v) is 3.26. The van der Waals surface area contributed by atoms with Crippen LogP contribution in [-0.2, 0) is 7.05 Å². The molecule has 0 atom stereocenters. The molecule has 0 saturated carbocycles. The Bertz CT molecular complexity index is 766. The topological polar surface area (TPSA) is 68.6 Å². The smallest absolute Gasteiger partial charge is 0.271 e. The van der Waals surface area contributed by atoms with Gasteiger partial charge in [0.05, 0.1) is 19.9 Å². The molecule has 0 unspecified atom stereocenters. The molecule has 0 aliphatic carbocycles. The zero-order chi connectivity index (χ0) is 18.5. The van der Waals surface area contributed by atoms with Crippen LogP contribution in [0.1, 0.15) is 23.3 Å². The second-order valence-corrected chi connectivity index (χ2v) is 6.41. The van der Waals surface area contributed by atoms with E-state index in [0.717, 1.165) is 30.9 Å². The SMILES string of the molecule is COc1ccc(-c2cc(C(=O)NCCN3CCCC3)nn2C)c(OC)c1. The van der Waals surface area contributed by atoms with Gasteiger partial charge in [-0.25, -0.2) is 0 Å². The molecular weight excluding hydrogens is 332 g/mol. The monoisotopic (exact) mass is 358 g/mol. The van der Waals surface area contributed by atoms with Crippen molar-refractivity contribution in [2.45, 2.75) is 12.8 Å². The molecule has 1 fully saturated rings. The number of nitrogens with one attached hydrogen (secondary N) is 1. The summed E-state index contributed by atoms with van der Waals surface area (Å²) in [6, 6.07) is 7.37. The van der Waals surface area contributed by atoms with Crippen LogP contribution < -0.4 is 14.8 Å². The maximum absolute atomic E-state index is 12.4. The van der Waals surface area contributed by atoms with Crippen LogP contribution in [0.25, 0.3) is 11.3 Å². The third kappa shape index (κ3) is 3.99. The van der Waals surface area contributed by atoms with Crippen LogP contribution in [0.3, 0.4) is 0 Å². The van der Waals surface area contributed by atoms with Crippen molar-refractivity contribution in [1.29, 1.82) is 0 Å². The third-order valence-electron chi connectivity index (χ3n) is 4.71. The summed E-state index contributed by atoms with van der Waals surface area (Å²) in [5, 5.41) is 7.32. The Labute approximate surface area is 153 Å². The maximum atomic E-state index is 12.4. The lowest BCUT2D eigenvalue weighted by Crippen LogP contribution is -2.33. The van der Waals surface area contributed by atoms with Crippen molar-refractivity contribution in [2.24, 2.45) is 7.05 Å². The van der Waals surface area contributed by atoms with Gasteiger partial charge in [-0.05, 0) is 44.1 Å². The summed E-state index contributed by atoms with van der Waals surface area (Å²) in [5.41, 5.74) is 2.08. The first-order chi connectivity index (χ1) is 12.6. The highest BCUT2D eigenvalue weighted by Crippen LogP contribution is 2.33. The van der Waals surface area contributed by atoms with Crippen LogP contribution in [0.2, 0.25) is 0 Å². The number of aromatic nitrogens is 2. The lowest BCUT2D eigenvalue weighted by Gasteiger charge is -2.14. The minimum absolute atomic E-state index is 0.154. The van der Waals surface area contributed by atoms with Gasteiger partial charge in [-0.3, -0.25) is 9.48 Å². The average molecular weight is 358 g/mol. The van der Waals surface area contributed by atoms with Gasteiger partial charge in [-0.2, -0.15) is 5.10 Å². The van der Waals surface area contributed by atoms with Gasteiger partial charge in [0, 0.05) is 31.8 Å². The quantitative estimate of drug-likeness (QED) is 0.819. The number of ether oxygens (including phenoxy) is 2. The Kier molecular flexibility index (Phi) is 5.78. The summed E-state index contributed by atoms with van der Waals surface area (Å²) in [6.07, 6.45) is 2.50. The molecule has 3 rings (SSSR count). The zero-order valence-corrected chi connectivity index (χ0v) is 15.6. The molecule has 1 aromatic heterocycles. The van der Waals surface area contributed by atoms with Crippen molar-refractivity contribution in [1.82, 2.24) is 20.0 Å². The lowest BCUT2D eigenvalue weighted by atomic mass is 10.1. The maximum Gasteiger partial charge on any atom is 0.271 e. The first-order valence-corrected chi connectivity index (χ1v) is 8.89. The van der Waals surface area contributed by atoms with Crippen LogP contribution in [-0.4, -0.2) is 61.0 Å². The van der Waals surface area contributed by atoms with Crippen molar-refractivity contribution in [3.05, 3.63) is 30.0 Å². The van der Waals surface area contributed by atoms with Gasteiger partial charge in [-0.1, -0.05) is 0 Å². The van der Waals surface area contributed by atoms with Crippen molar-refractivity contribution in [2.75, 3.05) is 40.4 Å². The number of benzene rings is 1. The Morgan fingerprint density at radius 2 is 1.96 bits per heavy atom. The van der Waals surface area contributed by atoms with Gasteiger partial charge in [0.25, 0.3) is 5.91 Å². The molecule has 1 aromatic carbocycles. The Balaban J connectivity index is 1.71. The Morgan fingerprint density at radius 3 is 2.65 bits per heavy atom. The van der Waals surface area contributed by atoms with Crippen LogP contribution in [0.4, 0.5) is 0 Å². The molecule has 0 bridgehead atoms.